The van der Waals surface area contributed by atoms with Crippen molar-refractivity contribution < 1.29 is 13.5 Å². The largest absolute Gasteiger partial charge is 0.396 e. The number of aliphatic hydroxyl groups is 1. The summed E-state index contributed by atoms with van der Waals surface area (Å²) in [6.07, 6.45) is 2.94. The molecular weight excluding hydrogens is 200 g/mol. The van der Waals surface area contributed by atoms with Gasteiger partial charge in [-0.05, 0) is 25.2 Å². The lowest BCUT2D eigenvalue weighted by atomic mass is 10.2. The number of rotatable bonds is 8. The van der Waals surface area contributed by atoms with Crippen LogP contribution in [0.3, 0.4) is 0 Å². The van der Waals surface area contributed by atoms with E-state index in [0.29, 0.717) is 24.5 Å². The molecule has 0 unspecified atom stereocenters. The van der Waals surface area contributed by atoms with Gasteiger partial charge in [0.1, 0.15) is 9.84 Å². The number of hydrogen-bond donors (Lipinski definition) is 1. The van der Waals surface area contributed by atoms with Gasteiger partial charge in [-0.15, -0.1) is 0 Å². The van der Waals surface area contributed by atoms with Crippen molar-refractivity contribution in [3.05, 3.63) is 0 Å². The maximum atomic E-state index is 11.4. The molecule has 0 aromatic carbocycles. The van der Waals surface area contributed by atoms with Gasteiger partial charge in [0.25, 0.3) is 0 Å². The molecule has 0 aliphatic heterocycles. The SMILES string of the molecule is CC(C)CCS(=O)(=O)CCCCCO. The van der Waals surface area contributed by atoms with Crippen LogP contribution in [-0.2, 0) is 9.84 Å². The summed E-state index contributed by atoms with van der Waals surface area (Å²) >= 11 is 0. The monoisotopic (exact) mass is 222 g/mol. The summed E-state index contributed by atoms with van der Waals surface area (Å²) in [5.41, 5.74) is 0. The fourth-order valence-corrected chi connectivity index (χ4v) is 2.81. The van der Waals surface area contributed by atoms with Crippen LogP contribution in [0.4, 0.5) is 0 Å². The van der Waals surface area contributed by atoms with Gasteiger partial charge in [-0.25, -0.2) is 8.42 Å². The van der Waals surface area contributed by atoms with Crippen molar-refractivity contribution in [1.82, 2.24) is 0 Å². The summed E-state index contributed by atoms with van der Waals surface area (Å²) in [6, 6.07) is 0. The maximum absolute atomic E-state index is 11.4. The Kier molecular flexibility index (Phi) is 7.19. The molecule has 1 N–H and O–H groups in total. The van der Waals surface area contributed by atoms with Crippen LogP contribution in [-0.4, -0.2) is 31.6 Å². The molecule has 0 rings (SSSR count). The topological polar surface area (TPSA) is 54.4 Å². The normalized spacial score (nSPS) is 12.3. The zero-order valence-corrected chi connectivity index (χ0v) is 10.0. The quantitative estimate of drug-likeness (QED) is 0.635. The van der Waals surface area contributed by atoms with Gasteiger partial charge >= 0.3 is 0 Å². The van der Waals surface area contributed by atoms with Gasteiger partial charge in [-0.1, -0.05) is 20.3 Å². The number of unbranched alkanes of at least 4 members (excludes halogenated alkanes) is 2. The van der Waals surface area contributed by atoms with Crippen molar-refractivity contribution in [3.63, 3.8) is 0 Å². The Morgan fingerprint density at radius 3 is 2.21 bits per heavy atom. The van der Waals surface area contributed by atoms with E-state index in [-0.39, 0.29) is 12.4 Å². The molecule has 0 bridgehead atoms. The van der Waals surface area contributed by atoms with Crippen molar-refractivity contribution in [2.75, 3.05) is 18.1 Å². The fourth-order valence-electron chi connectivity index (χ4n) is 1.13. The smallest absolute Gasteiger partial charge is 0.150 e. The molecular formula is C10H22O3S. The molecule has 0 saturated heterocycles. The van der Waals surface area contributed by atoms with Gasteiger partial charge in [-0.2, -0.15) is 0 Å². The summed E-state index contributed by atoms with van der Waals surface area (Å²) < 4.78 is 22.9. The van der Waals surface area contributed by atoms with Crippen LogP contribution < -0.4 is 0 Å². The van der Waals surface area contributed by atoms with Gasteiger partial charge in [0.05, 0.1) is 11.5 Å². The first kappa shape index (κ1) is 13.9. The van der Waals surface area contributed by atoms with Gasteiger partial charge in [0, 0.05) is 6.61 Å². The third kappa shape index (κ3) is 8.51. The Morgan fingerprint density at radius 1 is 1.07 bits per heavy atom. The highest BCUT2D eigenvalue weighted by Crippen LogP contribution is 2.06. The summed E-state index contributed by atoms with van der Waals surface area (Å²) in [5, 5.41) is 8.52. The van der Waals surface area contributed by atoms with E-state index in [4.69, 9.17) is 5.11 Å². The molecule has 0 heterocycles. The summed E-state index contributed by atoms with van der Waals surface area (Å²) in [6.45, 7) is 4.22. The molecule has 0 saturated carbocycles. The molecule has 0 amide bonds. The second-order valence-electron chi connectivity index (χ2n) is 4.12. The average molecular weight is 222 g/mol. The van der Waals surface area contributed by atoms with Crippen molar-refractivity contribution in [1.29, 1.82) is 0 Å². The minimum atomic E-state index is -2.84. The van der Waals surface area contributed by atoms with Crippen molar-refractivity contribution >= 4 is 9.84 Å². The zero-order valence-electron chi connectivity index (χ0n) is 9.20. The predicted molar refractivity (Wildman–Crippen MR) is 59.0 cm³/mol. The van der Waals surface area contributed by atoms with E-state index in [1.165, 1.54) is 0 Å². The first-order chi connectivity index (χ1) is 6.48. The molecule has 0 fully saturated rings. The first-order valence-corrected chi connectivity index (χ1v) is 7.11. The van der Waals surface area contributed by atoms with E-state index in [2.05, 4.69) is 0 Å². The molecule has 0 aliphatic carbocycles. The zero-order chi connectivity index (χ0) is 11.0. The highest BCUT2D eigenvalue weighted by Gasteiger charge is 2.10. The van der Waals surface area contributed by atoms with Crippen LogP contribution in [0, 0.1) is 5.92 Å². The summed E-state index contributed by atoms with van der Waals surface area (Å²) in [4.78, 5) is 0. The summed E-state index contributed by atoms with van der Waals surface area (Å²) in [7, 11) is -2.84. The van der Waals surface area contributed by atoms with Crippen LogP contribution in [0.1, 0.15) is 39.5 Å². The number of aliphatic hydroxyl groups excluding tert-OH is 1. The lowest BCUT2D eigenvalue weighted by molar-refractivity contribution is 0.284. The third-order valence-corrected chi connectivity index (χ3v) is 3.89. The van der Waals surface area contributed by atoms with Gasteiger partial charge in [0.2, 0.25) is 0 Å². The second kappa shape index (κ2) is 7.23. The molecule has 0 aromatic heterocycles. The lowest BCUT2D eigenvalue weighted by Crippen LogP contribution is -2.12. The first-order valence-electron chi connectivity index (χ1n) is 5.29. The van der Waals surface area contributed by atoms with Crippen molar-refractivity contribution in [2.24, 2.45) is 5.92 Å². The maximum Gasteiger partial charge on any atom is 0.150 e. The van der Waals surface area contributed by atoms with Crippen LogP contribution in [0.15, 0.2) is 0 Å². The molecule has 3 nitrogen and oxygen atoms in total. The molecule has 14 heavy (non-hydrogen) atoms. The Bertz CT molecular complexity index is 220. The Balaban J connectivity index is 3.62. The minimum Gasteiger partial charge on any atom is -0.396 e. The highest BCUT2D eigenvalue weighted by molar-refractivity contribution is 7.91. The average Bonchev–Trinajstić information content (AvgIpc) is 2.10. The van der Waals surface area contributed by atoms with Gasteiger partial charge < -0.3 is 5.11 Å². The Morgan fingerprint density at radius 2 is 1.71 bits per heavy atom. The van der Waals surface area contributed by atoms with E-state index in [1.54, 1.807) is 0 Å². The second-order valence-corrected chi connectivity index (χ2v) is 6.42. The molecule has 0 aliphatic rings. The Hall–Kier alpha value is -0.0900. The van der Waals surface area contributed by atoms with Crippen LogP contribution >= 0.6 is 0 Å². The summed E-state index contributed by atoms with van der Waals surface area (Å²) in [5.74, 6) is 1.03. The molecule has 86 valence electrons. The van der Waals surface area contributed by atoms with E-state index in [1.807, 2.05) is 13.8 Å². The van der Waals surface area contributed by atoms with Crippen molar-refractivity contribution in [3.8, 4) is 0 Å². The molecule has 0 spiro atoms. The third-order valence-electron chi connectivity index (χ3n) is 2.12. The van der Waals surface area contributed by atoms with E-state index >= 15 is 0 Å². The molecule has 4 heteroatoms. The number of hydrogen-bond acceptors (Lipinski definition) is 3. The minimum absolute atomic E-state index is 0.159. The van der Waals surface area contributed by atoms with E-state index in [0.717, 1.165) is 12.8 Å². The van der Waals surface area contributed by atoms with Crippen LogP contribution in [0.2, 0.25) is 0 Å². The van der Waals surface area contributed by atoms with Gasteiger partial charge in [-0.3, -0.25) is 0 Å². The van der Waals surface area contributed by atoms with Crippen LogP contribution in [0.25, 0.3) is 0 Å². The predicted octanol–water partition coefficient (Wildman–Crippen LogP) is 1.61. The molecule has 0 aromatic rings. The van der Waals surface area contributed by atoms with E-state index < -0.39 is 9.84 Å². The molecule has 0 radical (unpaired) electrons. The van der Waals surface area contributed by atoms with Crippen molar-refractivity contribution in [2.45, 2.75) is 39.5 Å². The van der Waals surface area contributed by atoms with Crippen LogP contribution in [0.5, 0.6) is 0 Å². The van der Waals surface area contributed by atoms with Gasteiger partial charge in [0.15, 0.2) is 0 Å². The number of sulfone groups is 1. The highest BCUT2D eigenvalue weighted by atomic mass is 32.2. The molecule has 0 atom stereocenters. The fraction of sp³-hybridized carbons (Fsp3) is 1.00. The lowest BCUT2D eigenvalue weighted by Gasteiger charge is -2.05. The van der Waals surface area contributed by atoms with E-state index in [9.17, 15) is 8.42 Å². The Labute approximate surface area is 87.4 Å². The standard InChI is InChI=1S/C10H22O3S/c1-10(2)6-9-14(12,13)8-5-3-4-7-11/h10-11H,3-9H2,1-2H3.